The summed E-state index contributed by atoms with van der Waals surface area (Å²) in [4.78, 5) is 40.4. The SMILES string of the molecule is CC(C)COC(=O)c1ccc(NC(=O)C2CC(=O)N(CCCN(C)C)C2)cc1. The molecule has 0 aromatic heterocycles. The van der Waals surface area contributed by atoms with E-state index in [1.165, 1.54) is 0 Å². The normalized spacial score (nSPS) is 16.7. The molecule has 7 heteroatoms. The summed E-state index contributed by atoms with van der Waals surface area (Å²) in [5.74, 6) is -0.580. The van der Waals surface area contributed by atoms with Gasteiger partial charge in [0.2, 0.25) is 11.8 Å². The van der Waals surface area contributed by atoms with Crippen LogP contribution in [-0.2, 0) is 14.3 Å². The molecule has 1 unspecified atom stereocenters. The molecular formula is C21H31N3O4. The average Bonchev–Trinajstić information content (AvgIpc) is 3.01. The van der Waals surface area contributed by atoms with E-state index < -0.39 is 0 Å². The number of hydrogen-bond donors (Lipinski definition) is 1. The summed E-state index contributed by atoms with van der Waals surface area (Å²) in [6.07, 6.45) is 1.13. The van der Waals surface area contributed by atoms with Crippen LogP contribution in [0.3, 0.4) is 0 Å². The third-order valence-electron chi connectivity index (χ3n) is 4.55. The molecule has 0 radical (unpaired) electrons. The highest BCUT2D eigenvalue weighted by Gasteiger charge is 2.33. The topological polar surface area (TPSA) is 78.9 Å². The van der Waals surface area contributed by atoms with Crippen molar-refractivity contribution in [3.8, 4) is 0 Å². The van der Waals surface area contributed by atoms with Crippen molar-refractivity contribution in [3.05, 3.63) is 29.8 Å². The van der Waals surface area contributed by atoms with Crippen LogP contribution in [0.2, 0.25) is 0 Å². The minimum Gasteiger partial charge on any atom is -0.462 e. The number of nitrogens with zero attached hydrogens (tertiary/aromatic N) is 2. The van der Waals surface area contributed by atoms with Gasteiger partial charge in [0.05, 0.1) is 18.1 Å². The molecule has 7 nitrogen and oxygen atoms in total. The molecule has 28 heavy (non-hydrogen) atoms. The van der Waals surface area contributed by atoms with Gasteiger partial charge < -0.3 is 19.9 Å². The van der Waals surface area contributed by atoms with Crippen molar-refractivity contribution in [1.82, 2.24) is 9.80 Å². The predicted molar refractivity (Wildman–Crippen MR) is 108 cm³/mol. The van der Waals surface area contributed by atoms with Gasteiger partial charge in [-0.15, -0.1) is 0 Å². The van der Waals surface area contributed by atoms with E-state index in [0.29, 0.717) is 30.9 Å². The van der Waals surface area contributed by atoms with Crippen molar-refractivity contribution < 1.29 is 19.1 Å². The van der Waals surface area contributed by atoms with Crippen LogP contribution in [0.15, 0.2) is 24.3 Å². The number of hydrogen-bond acceptors (Lipinski definition) is 5. The largest absolute Gasteiger partial charge is 0.462 e. The van der Waals surface area contributed by atoms with E-state index in [2.05, 4.69) is 10.2 Å². The third kappa shape index (κ3) is 6.64. The molecule has 0 bridgehead atoms. The number of anilines is 1. The van der Waals surface area contributed by atoms with E-state index >= 15 is 0 Å². The maximum Gasteiger partial charge on any atom is 0.338 e. The number of benzene rings is 1. The lowest BCUT2D eigenvalue weighted by Gasteiger charge is -2.18. The molecule has 1 N–H and O–H groups in total. The van der Waals surface area contributed by atoms with Crippen LogP contribution in [0, 0.1) is 11.8 Å². The van der Waals surface area contributed by atoms with Crippen molar-refractivity contribution in [2.75, 3.05) is 45.7 Å². The van der Waals surface area contributed by atoms with Crippen molar-refractivity contribution in [2.45, 2.75) is 26.7 Å². The van der Waals surface area contributed by atoms with Gasteiger partial charge in [-0.25, -0.2) is 4.79 Å². The highest BCUT2D eigenvalue weighted by atomic mass is 16.5. The molecule has 1 heterocycles. The Balaban J connectivity index is 1.84. The molecule has 1 aliphatic heterocycles. The van der Waals surface area contributed by atoms with E-state index in [4.69, 9.17) is 4.74 Å². The van der Waals surface area contributed by atoms with Gasteiger partial charge >= 0.3 is 5.97 Å². The maximum absolute atomic E-state index is 12.5. The van der Waals surface area contributed by atoms with Crippen LogP contribution in [0.4, 0.5) is 5.69 Å². The molecule has 2 rings (SSSR count). The van der Waals surface area contributed by atoms with Gasteiger partial charge in [0.25, 0.3) is 0 Å². The Morgan fingerprint density at radius 3 is 2.54 bits per heavy atom. The molecule has 1 fully saturated rings. The second-order valence-electron chi connectivity index (χ2n) is 7.96. The van der Waals surface area contributed by atoms with E-state index in [1.807, 2.05) is 27.9 Å². The Bertz CT molecular complexity index is 685. The summed E-state index contributed by atoms with van der Waals surface area (Å²) in [6.45, 7) is 6.36. The zero-order chi connectivity index (χ0) is 20.7. The third-order valence-corrected chi connectivity index (χ3v) is 4.55. The lowest BCUT2D eigenvalue weighted by molar-refractivity contribution is -0.128. The van der Waals surface area contributed by atoms with Crippen LogP contribution in [0.1, 0.15) is 37.0 Å². The second-order valence-corrected chi connectivity index (χ2v) is 7.96. The highest BCUT2D eigenvalue weighted by Crippen LogP contribution is 2.20. The van der Waals surface area contributed by atoms with Crippen LogP contribution >= 0.6 is 0 Å². The molecule has 1 aromatic carbocycles. The van der Waals surface area contributed by atoms with Crippen LogP contribution in [0.5, 0.6) is 0 Å². The molecule has 0 aliphatic carbocycles. The minimum absolute atomic E-state index is 0.0298. The summed E-state index contributed by atoms with van der Waals surface area (Å²) >= 11 is 0. The quantitative estimate of drug-likeness (QED) is 0.655. The first-order valence-corrected chi connectivity index (χ1v) is 9.76. The standard InChI is InChI=1S/C21H31N3O4/c1-15(2)14-28-21(27)16-6-8-18(9-7-16)22-20(26)17-12-19(25)24(13-17)11-5-10-23(3)4/h6-9,15,17H,5,10-14H2,1-4H3,(H,22,26). The van der Waals surface area contributed by atoms with Crippen molar-refractivity contribution in [3.63, 3.8) is 0 Å². The number of rotatable bonds is 9. The number of likely N-dealkylation sites (tertiary alicyclic amines) is 1. The van der Waals surface area contributed by atoms with Crippen LogP contribution in [0.25, 0.3) is 0 Å². The second kappa shape index (κ2) is 10.2. The van der Waals surface area contributed by atoms with Gasteiger partial charge in [-0.1, -0.05) is 13.8 Å². The predicted octanol–water partition coefficient (Wildman–Crippen LogP) is 2.24. The minimum atomic E-state index is -0.374. The lowest BCUT2D eigenvalue weighted by atomic mass is 10.1. The lowest BCUT2D eigenvalue weighted by Crippen LogP contribution is -2.30. The fourth-order valence-electron chi connectivity index (χ4n) is 3.00. The first kappa shape index (κ1) is 21.9. The number of esters is 1. The number of carbonyl (C=O) groups excluding carboxylic acids is 3. The number of carbonyl (C=O) groups is 3. The Labute approximate surface area is 167 Å². The van der Waals surface area contributed by atoms with Gasteiger partial charge in [-0.2, -0.15) is 0 Å². The van der Waals surface area contributed by atoms with Crippen molar-refractivity contribution in [2.24, 2.45) is 11.8 Å². The van der Waals surface area contributed by atoms with Crippen molar-refractivity contribution >= 4 is 23.5 Å². The van der Waals surface area contributed by atoms with Gasteiger partial charge in [0.15, 0.2) is 0 Å². The maximum atomic E-state index is 12.5. The smallest absolute Gasteiger partial charge is 0.338 e. The monoisotopic (exact) mass is 389 g/mol. The van der Waals surface area contributed by atoms with E-state index in [0.717, 1.165) is 13.0 Å². The molecule has 154 valence electrons. The highest BCUT2D eigenvalue weighted by molar-refractivity contribution is 5.97. The molecule has 0 saturated carbocycles. The molecule has 1 atom stereocenters. The number of ether oxygens (including phenoxy) is 1. The van der Waals surface area contributed by atoms with Gasteiger partial charge in [0.1, 0.15) is 0 Å². The summed E-state index contributed by atoms with van der Waals surface area (Å²) < 4.78 is 5.19. The van der Waals surface area contributed by atoms with E-state index in [9.17, 15) is 14.4 Å². The fraction of sp³-hybridized carbons (Fsp3) is 0.571. The first-order chi connectivity index (χ1) is 13.3. The summed E-state index contributed by atoms with van der Waals surface area (Å²) in [6, 6.07) is 6.61. The molecule has 1 aliphatic rings. The van der Waals surface area contributed by atoms with Gasteiger partial charge in [-0.3, -0.25) is 9.59 Å². The summed E-state index contributed by atoms with van der Waals surface area (Å²) in [5, 5.41) is 2.84. The average molecular weight is 389 g/mol. The molecule has 2 amide bonds. The fourth-order valence-corrected chi connectivity index (χ4v) is 3.00. The van der Waals surface area contributed by atoms with Gasteiger partial charge in [-0.05, 0) is 57.2 Å². The molecule has 0 spiro atoms. The number of amides is 2. The molecule has 1 saturated heterocycles. The molecular weight excluding hydrogens is 358 g/mol. The van der Waals surface area contributed by atoms with Gasteiger partial charge in [0, 0.05) is 25.2 Å². The zero-order valence-electron chi connectivity index (χ0n) is 17.2. The molecule has 1 aromatic rings. The Hall–Kier alpha value is -2.41. The summed E-state index contributed by atoms with van der Waals surface area (Å²) in [5.41, 5.74) is 1.05. The first-order valence-electron chi connectivity index (χ1n) is 9.76. The Morgan fingerprint density at radius 1 is 1.25 bits per heavy atom. The van der Waals surface area contributed by atoms with Crippen molar-refractivity contribution in [1.29, 1.82) is 0 Å². The zero-order valence-corrected chi connectivity index (χ0v) is 17.2. The van der Waals surface area contributed by atoms with Crippen LogP contribution in [-0.4, -0.2) is 67.9 Å². The van der Waals surface area contributed by atoms with E-state index in [-0.39, 0.29) is 36.0 Å². The summed E-state index contributed by atoms with van der Waals surface area (Å²) in [7, 11) is 3.99. The van der Waals surface area contributed by atoms with Crippen LogP contribution < -0.4 is 5.32 Å². The number of nitrogens with one attached hydrogen (secondary N) is 1. The Morgan fingerprint density at radius 2 is 1.93 bits per heavy atom. The van der Waals surface area contributed by atoms with E-state index in [1.54, 1.807) is 29.2 Å². The Kier molecular flexibility index (Phi) is 7.99.